The predicted molar refractivity (Wildman–Crippen MR) is 109 cm³/mol. The molecule has 0 bridgehead atoms. The van der Waals surface area contributed by atoms with Crippen molar-refractivity contribution >= 4 is 38.9 Å². The van der Waals surface area contributed by atoms with Crippen LogP contribution < -0.4 is 14.4 Å². The Hall–Kier alpha value is -2.72. The van der Waals surface area contributed by atoms with Crippen LogP contribution in [0.1, 0.15) is 5.56 Å². The first-order chi connectivity index (χ1) is 13.9. The zero-order chi connectivity index (χ0) is 22.5. The highest BCUT2D eigenvalue weighted by atomic mass is 35.5. The van der Waals surface area contributed by atoms with E-state index in [1.807, 2.05) is 0 Å². The number of nitrogens with zero attached hydrogens (tertiary/aromatic N) is 1. The SMILES string of the molecule is C=CCOc1cccc(NC(=O)CN(c2cc(C(F)(F)F)ccc2Cl)S(C)(=O)=O)c1. The van der Waals surface area contributed by atoms with E-state index in [1.54, 1.807) is 18.2 Å². The van der Waals surface area contributed by atoms with Crippen molar-refractivity contribution in [3.8, 4) is 5.75 Å². The number of anilines is 2. The minimum Gasteiger partial charge on any atom is -0.489 e. The zero-order valence-corrected chi connectivity index (χ0v) is 17.3. The van der Waals surface area contributed by atoms with Gasteiger partial charge in [-0.1, -0.05) is 30.3 Å². The molecule has 0 aliphatic rings. The third-order valence-electron chi connectivity index (χ3n) is 3.72. The fourth-order valence-corrected chi connectivity index (χ4v) is 3.54. The molecular weight excluding hydrogens is 445 g/mol. The van der Waals surface area contributed by atoms with Gasteiger partial charge in [0.25, 0.3) is 0 Å². The molecule has 2 aromatic carbocycles. The number of sulfonamides is 1. The van der Waals surface area contributed by atoms with E-state index < -0.39 is 39.9 Å². The quantitative estimate of drug-likeness (QED) is 0.592. The predicted octanol–water partition coefficient (Wildman–Crippen LogP) is 4.33. The van der Waals surface area contributed by atoms with Crippen LogP contribution in [-0.2, 0) is 21.0 Å². The largest absolute Gasteiger partial charge is 0.489 e. The van der Waals surface area contributed by atoms with Crippen molar-refractivity contribution in [1.82, 2.24) is 0 Å². The van der Waals surface area contributed by atoms with Crippen LogP contribution in [0.4, 0.5) is 24.5 Å². The molecule has 0 aromatic heterocycles. The number of hydrogen-bond donors (Lipinski definition) is 1. The molecule has 2 aromatic rings. The first kappa shape index (κ1) is 23.6. The van der Waals surface area contributed by atoms with Crippen LogP contribution >= 0.6 is 11.6 Å². The van der Waals surface area contributed by atoms with Crippen molar-refractivity contribution in [3.63, 3.8) is 0 Å². The minimum absolute atomic E-state index is 0.243. The number of carbonyl (C=O) groups is 1. The lowest BCUT2D eigenvalue weighted by atomic mass is 10.2. The lowest BCUT2D eigenvalue weighted by molar-refractivity contribution is -0.137. The van der Waals surface area contributed by atoms with Gasteiger partial charge in [-0.2, -0.15) is 13.2 Å². The van der Waals surface area contributed by atoms with Gasteiger partial charge in [0.15, 0.2) is 0 Å². The topological polar surface area (TPSA) is 75.7 Å². The summed E-state index contributed by atoms with van der Waals surface area (Å²) in [6.07, 6.45) is -2.41. The van der Waals surface area contributed by atoms with Gasteiger partial charge in [-0.05, 0) is 30.3 Å². The molecule has 0 fully saturated rings. The van der Waals surface area contributed by atoms with E-state index in [2.05, 4.69) is 11.9 Å². The molecule has 30 heavy (non-hydrogen) atoms. The van der Waals surface area contributed by atoms with E-state index >= 15 is 0 Å². The Bertz CT molecular complexity index is 1040. The summed E-state index contributed by atoms with van der Waals surface area (Å²) in [5.41, 5.74) is -1.24. The number of carbonyl (C=O) groups excluding carboxylic acids is 1. The van der Waals surface area contributed by atoms with Gasteiger partial charge >= 0.3 is 6.18 Å². The number of halogens is 4. The summed E-state index contributed by atoms with van der Waals surface area (Å²) in [7, 11) is -4.13. The molecule has 0 radical (unpaired) electrons. The van der Waals surface area contributed by atoms with Gasteiger partial charge in [0.2, 0.25) is 15.9 Å². The molecule has 0 unspecified atom stereocenters. The van der Waals surface area contributed by atoms with E-state index in [0.29, 0.717) is 21.8 Å². The fourth-order valence-electron chi connectivity index (χ4n) is 2.41. The number of alkyl halides is 3. The first-order valence-electron chi connectivity index (χ1n) is 8.40. The second kappa shape index (κ2) is 9.40. The summed E-state index contributed by atoms with van der Waals surface area (Å²) in [6.45, 7) is 2.98. The number of hydrogen-bond acceptors (Lipinski definition) is 4. The Kier molecular flexibility index (Phi) is 7.38. The molecule has 1 amide bonds. The molecule has 6 nitrogen and oxygen atoms in total. The molecule has 0 aliphatic heterocycles. The van der Waals surface area contributed by atoms with Crippen LogP contribution in [0.15, 0.2) is 55.1 Å². The highest BCUT2D eigenvalue weighted by Crippen LogP contribution is 2.36. The van der Waals surface area contributed by atoms with Crippen LogP contribution in [-0.4, -0.2) is 33.7 Å². The van der Waals surface area contributed by atoms with Crippen LogP contribution in [0.25, 0.3) is 0 Å². The average molecular weight is 463 g/mol. The Labute approximate surface area is 176 Å². The van der Waals surface area contributed by atoms with E-state index in [4.69, 9.17) is 16.3 Å². The van der Waals surface area contributed by atoms with Crippen molar-refractivity contribution in [2.24, 2.45) is 0 Å². The molecule has 0 heterocycles. The van der Waals surface area contributed by atoms with Crippen molar-refractivity contribution in [1.29, 1.82) is 0 Å². The van der Waals surface area contributed by atoms with Crippen LogP contribution in [0, 0.1) is 0 Å². The molecular formula is C19H18ClF3N2O4S. The zero-order valence-electron chi connectivity index (χ0n) is 15.7. The molecule has 2 rings (SSSR count). The number of amides is 1. The Morgan fingerprint density at radius 3 is 2.57 bits per heavy atom. The number of benzene rings is 2. The van der Waals surface area contributed by atoms with E-state index in [0.717, 1.165) is 18.4 Å². The standard InChI is InChI=1S/C19H18ClF3N2O4S/c1-3-9-29-15-6-4-5-14(11-15)24-18(26)12-25(30(2,27)28)17-10-13(19(21,22)23)7-8-16(17)20/h3-8,10-11H,1,9,12H2,2H3,(H,24,26). The van der Waals surface area contributed by atoms with E-state index in [1.165, 1.54) is 12.1 Å². The fraction of sp³-hybridized carbons (Fsp3) is 0.211. The third kappa shape index (κ3) is 6.39. The van der Waals surface area contributed by atoms with Gasteiger partial charge in [-0.25, -0.2) is 8.42 Å². The van der Waals surface area contributed by atoms with Crippen molar-refractivity contribution in [2.75, 3.05) is 29.0 Å². The van der Waals surface area contributed by atoms with Crippen LogP contribution in [0.3, 0.4) is 0 Å². The summed E-state index contributed by atoms with van der Waals surface area (Å²) in [4.78, 5) is 12.4. The molecule has 162 valence electrons. The van der Waals surface area contributed by atoms with Crippen LogP contribution in [0.5, 0.6) is 5.75 Å². The van der Waals surface area contributed by atoms with Gasteiger partial charge in [0.1, 0.15) is 18.9 Å². The normalized spacial score (nSPS) is 11.6. The Morgan fingerprint density at radius 2 is 1.97 bits per heavy atom. The van der Waals surface area contributed by atoms with Crippen molar-refractivity contribution in [2.45, 2.75) is 6.18 Å². The first-order valence-corrected chi connectivity index (χ1v) is 10.6. The summed E-state index contributed by atoms with van der Waals surface area (Å²) in [5.74, 6) is -0.344. The molecule has 0 atom stereocenters. The molecule has 0 saturated carbocycles. The Morgan fingerprint density at radius 1 is 1.27 bits per heavy atom. The maximum atomic E-state index is 13.0. The monoisotopic (exact) mass is 462 g/mol. The van der Waals surface area contributed by atoms with Crippen LogP contribution in [0.2, 0.25) is 5.02 Å². The average Bonchev–Trinajstić information content (AvgIpc) is 2.63. The molecule has 1 N–H and O–H groups in total. The van der Waals surface area contributed by atoms with Gasteiger partial charge in [-0.15, -0.1) is 0 Å². The summed E-state index contributed by atoms with van der Waals surface area (Å²) in [5, 5.41) is 2.23. The number of rotatable bonds is 8. The molecule has 0 aliphatic carbocycles. The Balaban J connectivity index is 2.28. The second-order valence-electron chi connectivity index (χ2n) is 6.11. The summed E-state index contributed by atoms with van der Waals surface area (Å²) in [6, 6.07) is 8.53. The van der Waals surface area contributed by atoms with Crippen molar-refractivity contribution < 1.29 is 31.1 Å². The van der Waals surface area contributed by atoms with Gasteiger partial charge < -0.3 is 10.1 Å². The molecule has 0 saturated heterocycles. The lowest BCUT2D eigenvalue weighted by Gasteiger charge is -2.24. The number of ether oxygens (including phenoxy) is 1. The summed E-state index contributed by atoms with van der Waals surface area (Å²) < 4.78 is 69.3. The van der Waals surface area contributed by atoms with E-state index in [9.17, 15) is 26.4 Å². The minimum atomic E-state index is -4.71. The highest BCUT2D eigenvalue weighted by Gasteiger charge is 2.33. The highest BCUT2D eigenvalue weighted by molar-refractivity contribution is 7.92. The second-order valence-corrected chi connectivity index (χ2v) is 8.42. The van der Waals surface area contributed by atoms with Gasteiger partial charge in [0, 0.05) is 11.8 Å². The lowest BCUT2D eigenvalue weighted by Crippen LogP contribution is -2.37. The maximum Gasteiger partial charge on any atom is 0.416 e. The van der Waals surface area contributed by atoms with Crippen molar-refractivity contribution in [3.05, 3.63) is 65.7 Å². The molecule has 0 spiro atoms. The maximum absolute atomic E-state index is 13.0. The number of nitrogens with one attached hydrogen (secondary N) is 1. The third-order valence-corrected chi connectivity index (χ3v) is 5.16. The van der Waals surface area contributed by atoms with Gasteiger partial charge in [-0.3, -0.25) is 9.10 Å². The summed E-state index contributed by atoms with van der Waals surface area (Å²) >= 11 is 5.93. The van der Waals surface area contributed by atoms with E-state index in [-0.39, 0.29) is 11.6 Å². The van der Waals surface area contributed by atoms with Gasteiger partial charge in [0.05, 0.1) is 22.5 Å². The molecule has 11 heteroatoms. The smallest absolute Gasteiger partial charge is 0.416 e.